The Morgan fingerprint density at radius 2 is 1.78 bits per heavy atom. The van der Waals surface area contributed by atoms with Gasteiger partial charge in [-0.2, -0.15) is 0 Å². The highest BCUT2D eigenvalue weighted by molar-refractivity contribution is 5.71. The maximum absolute atomic E-state index is 3.07. The Morgan fingerprint density at radius 1 is 1.06 bits per heavy atom. The Hall–Kier alpha value is -1.76. The molecule has 0 aliphatic rings. The number of benzene rings is 1. The Balaban J connectivity index is 2.40. The van der Waals surface area contributed by atoms with E-state index in [1.54, 1.807) is 0 Å². The summed E-state index contributed by atoms with van der Waals surface area (Å²) in [7, 11) is 0. The van der Waals surface area contributed by atoms with Crippen molar-refractivity contribution in [3.8, 4) is 0 Å². The van der Waals surface area contributed by atoms with Crippen LogP contribution in [0.3, 0.4) is 0 Å². The van der Waals surface area contributed by atoms with E-state index in [0.29, 0.717) is 5.92 Å². The number of H-pyrrole nitrogens is 1. The van der Waals surface area contributed by atoms with E-state index < -0.39 is 0 Å². The smallest absolute Gasteiger partial charge is 0.00781 e. The molecule has 18 heavy (non-hydrogen) atoms. The van der Waals surface area contributed by atoms with Crippen molar-refractivity contribution < 1.29 is 0 Å². The third-order valence-corrected chi connectivity index (χ3v) is 3.40. The molecule has 2 rings (SSSR count). The number of aromatic amines is 1. The minimum atomic E-state index is 0.551. The van der Waals surface area contributed by atoms with E-state index in [1.165, 1.54) is 27.8 Å². The molecule has 0 aliphatic heterocycles. The van der Waals surface area contributed by atoms with Gasteiger partial charge >= 0.3 is 0 Å². The zero-order valence-electron chi connectivity index (χ0n) is 11.6. The summed E-state index contributed by atoms with van der Waals surface area (Å²) in [5.41, 5.74) is 6.69. The minimum absolute atomic E-state index is 0.551. The van der Waals surface area contributed by atoms with Gasteiger partial charge in [0.25, 0.3) is 0 Å². The van der Waals surface area contributed by atoms with E-state index in [4.69, 9.17) is 0 Å². The lowest BCUT2D eigenvalue weighted by molar-refractivity contribution is 0.861. The molecular weight excluding hydrogens is 218 g/mol. The van der Waals surface area contributed by atoms with Gasteiger partial charge in [0.05, 0.1) is 0 Å². The maximum Gasteiger partial charge on any atom is 0.00781 e. The van der Waals surface area contributed by atoms with Crippen molar-refractivity contribution >= 4 is 12.2 Å². The first kappa shape index (κ1) is 12.7. The van der Waals surface area contributed by atoms with Crippen LogP contribution in [-0.2, 0) is 0 Å². The van der Waals surface area contributed by atoms with Crippen LogP contribution in [0.25, 0.3) is 12.2 Å². The number of hydrogen-bond donors (Lipinski definition) is 1. The molecule has 0 saturated carbocycles. The third-order valence-electron chi connectivity index (χ3n) is 3.40. The van der Waals surface area contributed by atoms with Crippen LogP contribution in [0.15, 0.2) is 30.6 Å². The average Bonchev–Trinajstić information content (AvgIpc) is 2.83. The van der Waals surface area contributed by atoms with E-state index in [0.717, 1.165) is 0 Å². The number of aryl methyl sites for hydroxylation is 2. The van der Waals surface area contributed by atoms with Gasteiger partial charge in [0.15, 0.2) is 0 Å². The Kier molecular flexibility index (Phi) is 3.71. The van der Waals surface area contributed by atoms with Crippen molar-refractivity contribution in [2.24, 2.45) is 0 Å². The van der Waals surface area contributed by atoms with Gasteiger partial charge in [0, 0.05) is 12.4 Å². The summed E-state index contributed by atoms with van der Waals surface area (Å²) in [6.45, 7) is 8.85. The number of aromatic nitrogens is 1. The fraction of sp³-hybridized carbons (Fsp3) is 0.294. The van der Waals surface area contributed by atoms with Crippen molar-refractivity contribution in [2.45, 2.75) is 33.6 Å². The molecule has 0 saturated heterocycles. The second-order valence-electron chi connectivity index (χ2n) is 5.20. The summed E-state index contributed by atoms with van der Waals surface area (Å²) in [6.07, 6.45) is 8.33. The van der Waals surface area contributed by atoms with Gasteiger partial charge in [0.2, 0.25) is 0 Å². The first-order valence-electron chi connectivity index (χ1n) is 6.50. The topological polar surface area (TPSA) is 15.8 Å². The van der Waals surface area contributed by atoms with E-state index in [-0.39, 0.29) is 0 Å². The standard InChI is InChI=1S/C17H21N/c1-12(2)17-10-14(4)13(3)9-16(17)6-5-15-7-8-18-11-15/h5-12,18H,1-4H3. The van der Waals surface area contributed by atoms with Crippen LogP contribution in [0.4, 0.5) is 0 Å². The maximum atomic E-state index is 3.07. The fourth-order valence-electron chi connectivity index (χ4n) is 2.13. The second kappa shape index (κ2) is 5.26. The van der Waals surface area contributed by atoms with Crippen LogP contribution in [0, 0.1) is 13.8 Å². The molecule has 1 nitrogen and oxygen atoms in total. The molecule has 1 heteroatoms. The molecule has 0 atom stereocenters. The Bertz CT molecular complexity index is 545. The Labute approximate surface area is 110 Å². The molecule has 0 radical (unpaired) electrons. The molecule has 94 valence electrons. The Morgan fingerprint density at radius 3 is 2.39 bits per heavy atom. The lowest BCUT2D eigenvalue weighted by atomic mass is 9.92. The molecule has 0 unspecified atom stereocenters. The van der Waals surface area contributed by atoms with Gasteiger partial charge in [-0.3, -0.25) is 0 Å². The van der Waals surface area contributed by atoms with Crippen molar-refractivity contribution in [1.29, 1.82) is 0 Å². The van der Waals surface area contributed by atoms with Crippen molar-refractivity contribution in [2.75, 3.05) is 0 Å². The van der Waals surface area contributed by atoms with Crippen LogP contribution in [0.5, 0.6) is 0 Å². The largest absolute Gasteiger partial charge is 0.367 e. The zero-order chi connectivity index (χ0) is 13.1. The highest BCUT2D eigenvalue weighted by Crippen LogP contribution is 2.25. The SMILES string of the molecule is Cc1cc(C=Cc2cc[nH]c2)c(C(C)C)cc1C. The minimum Gasteiger partial charge on any atom is -0.367 e. The first-order valence-corrected chi connectivity index (χ1v) is 6.50. The summed E-state index contributed by atoms with van der Waals surface area (Å²) >= 11 is 0. The van der Waals surface area contributed by atoms with Crippen molar-refractivity contribution in [3.05, 3.63) is 58.4 Å². The number of rotatable bonds is 3. The van der Waals surface area contributed by atoms with Gasteiger partial charge in [0.1, 0.15) is 0 Å². The summed E-state index contributed by atoms with van der Waals surface area (Å²) in [4.78, 5) is 3.07. The molecule has 0 bridgehead atoms. The third kappa shape index (κ3) is 2.73. The summed E-state index contributed by atoms with van der Waals surface area (Å²) in [5.74, 6) is 0.551. The van der Waals surface area contributed by atoms with E-state index in [1.807, 2.05) is 12.4 Å². The molecule has 0 spiro atoms. The molecule has 1 heterocycles. The predicted molar refractivity (Wildman–Crippen MR) is 79.7 cm³/mol. The van der Waals surface area contributed by atoms with Crippen LogP contribution in [-0.4, -0.2) is 4.98 Å². The zero-order valence-corrected chi connectivity index (χ0v) is 11.6. The molecular formula is C17H21N. The molecule has 2 aromatic rings. The highest BCUT2D eigenvalue weighted by atomic mass is 14.6. The summed E-state index contributed by atoms with van der Waals surface area (Å²) in [5, 5.41) is 0. The molecule has 0 aliphatic carbocycles. The van der Waals surface area contributed by atoms with Crippen LogP contribution >= 0.6 is 0 Å². The lowest BCUT2D eigenvalue weighted by Gasteiger charge is -2.13. The summed E-state index contributed by atoms with van der Waals surface area (Å²) in [6, 6.07) is 6.68. The van der Waals surface area contributed by atoms with E-state index >= 15 is 0 Å². The molecule has 1 aromatic heterocycles. The van der Waals surface area contributed by atoms with Crippen LogP contribution < -0.4 is 0 Å². The molecule has 0 amide bonds. The normalized spacial score (nSPS) is 11.6. The highest BCUT2D eigenvalue weighted by Gasteiger charge is 2.06. The molecule has 0 fully saturated rings. The predicted octanol–water partition coefficient (Wildman–Crippen LogP) is 4.93. The first-order chi connectivity index (χ1) is 8.58. The quantitative estimate of drug-likeness (QED) is 0.782. The van der Waals surface area contributed by atoms with Crippen LogP contribution in [0.1, 0.15) is 47.6 Å². The van der Waals surface area contributed by atoms with Gasteiger partial charge in [-0.05, 0) is 53.6 Å². The molecule has 1 N–H and O–H groups in total. The molecule has 1 aromatic carbocycles. The van der Waals surface area contributed by atoms with Gasteiger partial charge < -0.3 is 4.98 Å². The van der Waals surface area contributed by atoms with E-state index in [2.05, 4.69) is 63.0 Å². The fourth-order valence-corrected chi connectivity index (χ4v) is 2.13. The van der Waals surface area contributed by atoms with Crippen molar-refractivity contribution in [3.63, 3.8) is 0 Å². The monoisotopic (exact) mass is 239 g/mol. The van der Waals surface area contributed by atoms with E-state index in [9.17, 15) is 0 Å². The second-order valence-corrected chi connectivity index (χ2v) is 5.20. The lowest BCUT2D eigenvalue weighted by Crippen LogP contribution is -1.95. The van der Waals surface area contributed by atoms with Gasteiger partial charge in [-0.25, -0.2) is 0 Å². The number of nitrogens with one attached hydrogen (secondary N) is 1. The van der Waals surface area contributed by atoms with Crippen LogP contribution in [0.2, 0.25) is 0 Å². The van der Waals surface area contributed by atoms with Crippen molar-refractivity contribution in [1.82, 2.24) is 4.98 Å². The van der Waals surface area contributed by atoms with Gasteiger partial charge in [-0.1, -0.05) is 38.1 Å². The van der Waals surface area contributed by atoms with Gasteiger partial charge in [-0.15, -0.1) is 0 Å². The number of hydrogen-bond acceptors (Lipinski definition) is 0. The summed E-state index contributed by atoms with van der Waals surface area (Å²) < 4.78 is 0. The average molecular weight is 239 g/mol.